The monoisotopic (exact) mass is 609 g/mol. The van der Waals surface area contributed by atoms with E-state index in [2.05, 4.69) is 15.6 Å². The van der Waals surface area contributed by atoms with Crippen molar-refractivity contribution in [2.24, 2.45) is 0 Å². The normalized spacial score (nSPS) is 19.2. The number of hydrogen-bond donors (Lipinski definition) is 2. The van der Waals surface area contributed by atoms with Crippen molar-refractivity contribution >= 4 is 17.7 Å². The molecule has 6 rings (SSSR count). The van der Waals surface area contributed by atoms with Crippen molar-refractivity contribution in [1.82, 2.24) is 25.1 Å². The summed E-state index contributed by atoms with van der Waals surface area (Å²) in [6, 6.07) is 19.5. The van der Waals surface area contributed by atoms with Crippen LogP contribution in [0.4, 0.5) is 0 Å². The minimum atomic E-state index is -0.402. The van der Waals surface area contributed by atoms with Gasteiger partial charge in [-0.05, 0) is 66.9 Å². The van der Waals surface area contributed by atoms with Gasteiger partial charge in [0.25, 0.3) is 11.8 Å². The van der Waals surface area contributed by atoms with E-state index in [1.54, 1.807) is 47.8 Å². The Labute approximate surface area is 261 Å². The lowest BCUT2D eigenvalue weighted by Crippen LogP contribution is -2.57. The molecule has 2 aliphatic rings. The fraction of sp³-hybridized carbons (Fsp3) is 0.294. The molecule has 0 saturated carbocycles. The number of carbonyl (C=O) groups excluding carboxylic acids is 3. The van der Waals surface area contributed by atoms with E-state index in [1.165, 1.54) is 7.11 Å². The Morgan fingerprint density at radius 1 is 1.04 bits per heavy atom. The van der Waals surface area contributed by atoms with Crippen LogP contribution in [-0.2, 0) is 16.1 Å². The molecule has 1 saturated heterocycles. The number of hydrogen-bond acceptors (Lipinski definition) is 7. The van der Waals surface area contributed by atoms with Crippen LogP contribution < -0.4 is 20.1 Å². The molecule has 45 heavy (non-hydrogen) atoms. The summed E-state index contributed by atoms with van der Waals surface area (Å²) in [7, 11) is 1.53. The molecule has 1 fully saturated rings. The number of ether oxygens (including phenoxy) is 3. The molecule has 232 valence electrons. The van der Waals surface area contributed by atoms with Crippen molar-refractivity contribution < 1.29 is 28.6 Å². The molecular formula is C34H35N5O6. The molecular weight excluding hydrogens is 574 g/mol. The molecule has 3 aromatic carbocycles. The number of amides is 3. The molecule has 0 aliphatic carbocycles. The first-order valence-corrected chi connectivity index (χ1v) is 15.0. The first-order chi connectivity index (χ1) is 21.9. The second kappa shape index (κ2) is 13.6. The molecule has 3 amide bonds. The number of rotatable bonds is 3. The summed E-state index contributed by atoms with van der Waals surface area (Å²) in [5.41, 5.74) is 2.75. The van der Waals surface area contributed by atoms with Gasteiger partial charge in [0.2, 0.25) is 5.91 Å². The van der Waals surface area contributed by atoms with Gasteiger partial charge in [0.1, 0.15) is 17.2 Å². The van der Waals surface area contributed by atoms with Gasteiger partial charge in [0.05, 0.1) is 32.2 Å². The van der Waals surface area contributed by atoms with Gasteiger partial charge < -0.3 is 34.3 Å². The maximum absolute atomic E-state index is 13.5. The van der Waals surface area contributed by atoms with E-state index in [9.17, 15) is 14.4 Å². The van der Waals surface area contributed by atoms with Crippen molar-refractivity contribution in [1.29, 1.82) is 0 Å². The zero-order valence-corrected chi connectivity index (χ0v) is 25.0. The summed E-state index contributed by atoms with van der Waals surface area (Å²) in [5, 5.41) is 5.97. The average molecular weight is 610 g/mol. The first kappa shape index (κ1) is 29.9. The highest BCUT2D eigenvalue weighted by Crippen LogP contribution is 2.29. The van der Waals surface area contributed by atoms with Crippen LogP contribution in [0.2, 0.25) is 0 Å². The quantitative estimate of drug-likeness (QED) is 0.358. The molecule has 3 heterocycles. The number of benzene rings is 3. The van der Waals surface area contributed by atoms with Crippen LogP contribution in [0, 0.1) is 0 Å². The molecule has 11 heteroatoms. The molecule has 4 aromatic rings. The Balaban J connectivity index is 1.19. The number of carbonyl (C=O) groups is 3. The number of likely N-dealkylation sites (tertiary alicyclic amines) is 1. The van der Waals surface area contributed by atoms with Crippen molar-refractivity contribution in [2.75, 3.05) is 26.7 Å². The van der Waals surface area contributed by atoms with E-state index < -0.39 is 6.04 Å². The van der Waals surface area contributed by atoms with Crippen molar-refractivity contribution in [3.63, 3.8) is 0 Å². The van der Waals surface area contributed by atoms with Crippen LogP contribution in [0.5, 0.6) is 17.2 Å². The van der Waals surface area contributed by atoms with Gasteiger partial charge in [0, 0.05) is 61.3 Å². The molecule has 2 aliphatic heterocycles. The fourth-order valence-corrected chi connectivity index (χ4v) is 5.57. The van der Waals surface area contributed by atoms with E-state index in [-0.39, 0.29) is 30.2 Å². The van der Waals surface area contributed by atoms with Gasteiger partial charge >= 0.3 is 0 Å². The van der Waals surface area contributed by atoms with Gasteiger partial charge in [-0.1, -0.05) is 12.1 Å². The Bertz CT molecular complexity index is 1660. The molecule has 0 spiro atoms. The second-order valence-corrected chi connectivity index (χ2v) is 11.1. The van der Waals surface area contributed by atoms with Crippen molar-refractivity contribution in [3.8, 4) is 22.9 Å². The van der Waals surface area contributed by atoms with Crippen LogP contribution >= 0.6 is 0 Å². The van der Waals surface area contributed by atoms with Crippen LogP contribution in [0.15, 0.2) is 85.5 Å². The lowest BCUT2D eigenvalue weighted by Gasteiger charge is -2.39. The first-order valence-electron chi connectivity index (χ1n) is 15.0. The molecule has 0 radical (unpaired) electrons. The molecule has 2 N–H and O–H groups in total. The lowest BCUT2D eigenvalue weighted by molar-refractivity contribution is -0.124. The summed E-state index contributed by atoms with van der Waals surface area (Å²) in [5.74, 6) is 0.983. The fourth-order valence-electron chi connectivity index (χ4n) is 5.57. The number of methoxy groups -OCH3 is 1. The summed E-state index contributed by atoms with van der Waals surface area (Å²) in [4.78, 5) is 45.3. The largest absolute Gasteiger partial charge is 0.497 e. The summed E-state index contributed by atoms with van der Waals surface area (Å²) >= 11 is 0. The predicted molar refractivity (Wildman–Crippen MR) is 166 cm³/mol. The Morgan fingerprint density at radius 2 is 1.91 bits per heavy atom. The van der Waals surface area contributed by atoms with Crippen LogP contribution in [-0.4, -0.2) is 71.1 Å². The van der Waals surface area contributed by atoms with Crippen LogP contribution in [0.1, 0.15) is 45.5 Å². The SMILES string of the molecule is COc1cc2cc(c1)C(=O)NCCCC(=O)N[C@H]1CN(C(=O)c3ccc(-n4ccnc4)cc3)CC[C@@H]1OCc1cccc(c1)O2. The third kappa shape index (κ3) is 7.32. The van der Waals surface area contributed by atoms with E-state index in [4.69, 9.17) is 14.2 Å². The zero-order valence-electron chi connectivity index (χ0n) is 25.0. The van der Waals surface area contributed by atoms with Gasteiger partial charge in [0.15, 0.2) is 0 Å². The lowest BCUT2D eigenvalue weighted by atomic mass is 10.00. The highest BCUT2D eigenvalue weighted by atomic mass is 16.5. The van der Waals surface area contributed by atoms with Gasteiger partial charge in [-0.3, -0.25) is 14.4 Å². The number of nitrogens with zero attached hydrogens (tertiary/aromatic N) is 3. The van der Waals surface area contributed by atoms with Crippen LogP contribution in [0.3, 0.4) is 0 Å². The van der Waals surface area contributed by atoms with Crippen molar-refractivity contribution in [3.05, 3.63) is 102 Å². The maximum atomic E-state index is 13.5. The van der Waals surface area contributed by atoms with Gasteiger partial charge in [-0.15, -0.1) is 0 Å². The number of imidazole rings is 1. The van der Waals surface area contributed by atoms with Gasteiger partial charge in [-0.2, -0.15) is 0 Å². The number of nitrogens with one attached hydrogen (secondary N) is 2. The topological polar surface area (TPSA) is 124 Å². The highest BCUT2D eigenvalue weighted by molar-refractivity contribution is 5.95. The Morgan fingerprint density at radius 3 is 2.71 bits per heavy atom. The van der Waals surface area contributed by atoms with Crippen molar-refractivity contribution in [2.45, 2.75) is 38.0 Å². The maximum Gasteiger partial charge on any atom is 0.253 e. The molecule has 0 unspecified atom stereocenters. The zero-order chi connectivity index (χ0) is 31.2. The third-order valence-electron chi connectivity index (χ3n) is 7.94. The van der Waals surface area contributed by atoms with Gasteiger partial charge in [-0.25, -0.2) is 4.98 Å². The standard InChI is InChI=1S/C34H35N5O6/c1-43-28-17-25-18-29(19-28)45-27-5-2-4-23(16-27)21-44-31-11-14-38(20-30(31)37-32(40)6-3-12-36-33(25)41)34(42)24-7-9-26(10-8-24)39-15-13-35-22-39/h2,4-5,7-10,13,15-19,22,30-31H,3,6,11-12,14,20-21H2,1H3,(H,36,41)(H,37,40)/t30-,31-/m0/s1. The Kier molecular flexibility index (Phi) is 9.06. The molecule has 11 nitrogen and oxygen atoms in total. The molecule has 1 aromatic heterocycles. The minimum absolute atomic E-state index is 0.105. The Hall–Kier alpha value is -5.16. The van der Waals surface area contributed by atoms with E-state index in [0.29, 0.717) is 67.5 Å². The average Bonchev–Trinajstić information content (AvgIpc) is 3.61. The number of aromatic nitrogens is 2. The van der Waals surface area contributed by atoms with E-state index >= 15 is 0 Å². The molecule has 4 bridgehead atoms. The molecule has 2 atom stereocenters. The second-order valence-electron chi connectivity index (χ2n) is 11.1. The number of piperidine rings is 1. The summed E-state index contributed by atoms with van der Waals surface area (Å²) in [6.07, 6.45) is 6.16. The predicted octanol–water partition coefficient (Wildman–Crippen LogP) is 4.11. The smallest absolute Gasteiger partial charge is 0.253 e. The summed E-state index contributed by atoms with van der Waals surface area (Å²) < 4.78 is 19.7. The third-order valence-corrected chi connectivity index (χ3v) is 7.94. The minimum Gasteiger partial charge on any atom is -0.497 e. The van der Waals surface area contributed by atoms with E-state index in [1.807, 2.05) is 47.2 Å². The van der Waals surface area contributed by atoms with E-state index in [0.717, 1.165) is 11.3 Å². The number of fused-ring (bicyclic) bond motifs is 5. The summed E-state index contributed by atoms with van der Waals surface area (Å²) in [6.45, 7) is 1.41. The van der Waals surface area contributed by atoms with Crippen LogP contribution in [0.25, 0.3) is 5.69 Å². The highest BCUT2D eigenvalue weighted by Gasteiger charge is 2.33.